The summed E-state index contributed by atoms with van der Waals surface area (Å²) in [5.74, 6) is -1.21. The van der Waals surface area contributed by atoms with Gasteiger partial charge in [-0.2, -0.15) is 0 Å². The van der Waals surface area contributed by atoms with Crippen molar-refractivity contribution < 1.29 is 21.2 Å². The van der Waals surface area contributed by atoms with E-state index in [1.807, 2.05) is 0 Å². The number of rotatable bonds is 5. The molecule has 6 nitrogen and oxygen atoms in total. The summed E-state index contributed by atoms with van der Waals surface area (Å²) in [5, 5.41) is 4.81. The third-order valence-corrected chi connectivity index (χ3v) is 4.60. The largest absolute Gasteiger partial charge is 0.243 e. The topological polar surface area (TPSA) is 106 Å². The third-order valence-electron chi connectivity index (χ3n) is 1.98. The highest BCUT2D eigenvalue weighted by molar-refractivity contribution is 9.11. The molecule has 3 N–H and O–H groups in total. The minimum absolute atomic E-state index is 0.126. The first-order valence-electron chi connectivity index (χ1n) is 4.69. The molecule has 0 heterocycles. The summed E-state index contributed by atoms with van der Waals surface area (Å²) in [4.78, 5) is -1.18. The van der Waals surface area contributed by atoms with Gasteiger partial charge in [-0.05, 0) is 18.2 Å². The molecular weight excluding hydrogens is 363 g/mol. The SMILES string of the molecule is C=C(Br)CNS(=O)(=O)c1ccc(S(N)(=O)=O)cc1F. The smallest absolute Gasteiger partial charge is 0.225 e. The molecule has 0 bridgehead atoms. The fourth-order valence-electron chi connectivity index (χ4n) is 1.13. The second-order valence-electron chi connectivity index (χ2n) is 3.48. The quantitative estimate of drug-likeness (QED) is 0.791. The molecule has 0 saturated heterocycles. The minimum atomic E-state index is -4.10. The second-order valence-corrected chi connectivity index (χ2v) is 7.90. The zero-order chi connectivity index (χ0) is 14.8. The molecule has 10 heteroatoms. The molecule has 0 saturated carbocycles. The fraction of sp³-hybridized carbons (Fsp3) is 0.111. The second kappa shape index (κ2) is 5.67. The lowest BCUT2D eigenvalue weighted by Crippen LogP contribution is -2.26. The van der Waals surface area contributed by atoms with E-state index in [-0.39, 0.29) is 6.54 Å². The van der Waals surface area contributed by atoms with Gasteiger partial charge >= 0.3 is 0 Å². The maximum atomic E-state index is 13.6. The Kier molecular flexibility index (Phi) is 4.85. The minimum Gasteiger partial charge on any atom is -0.225 e. The van der Waals surface area contributed by atoms with Crippen molar-refractivity contribution in [1.29, 1.82) is 0 Å². The summed E-state index contributed by atoms with van der Waals surface area (Å²) in [6.45, 7) is 3.29. The zero-order valence-corrected chi connectivity index (χ0v) is 12.6. The lowest BCUT2D eigenvalue weighted by atomic mass is 10.3. The number of hydrogen-bond acceptors (Lipinski definition) is 4. The van der Waals surface area contributed by atoms with E-state index in [4.69, 9.17) is 5.14 Å². The number of benzene rings is 1. The van der Waals surface area contributed by atoms with Gasteiger partial charge in [0.2, 0.25) is 20.0 Å². The number of hydrogen-bond donors (Lipinski definition) is 2. The van der Waals surface area contributed by atoms with E-state index in [1.54, 1.807) is 0 Å². The highest BCUT2D eigenvalue weighted by Gasteiger charge is 2.21. The number of primary sulfonamides is 1. The lowest BCUT2D eigenvalue weighted by molar-refractivity contribution is 0.555. The Hall–Kier alpha value is -0.810. The third kappa shape index (κ3) is 4.35. The van der Waals surface area contributed by atoms with Crippen LogP contribution in [0.25, 0.3) is 0 Å². The summed E-state index contributed by atoms with van der Waals surface area (Å²) in [6.07, 6.45) is 0. The van der Waals surface area contributed by atoms with Crippen molar-refractivity contribution in [3.63, 3.8) is 0 Å². The van der Waals surface area contributed by atoms with Crippen molar-refractivity contribution in [3.05, 3.63) is 35.1 Å². The van der Waals surface area contributed by atoms with Crippen LogP contribution in [0.1, 0.15) is 0 Å². The van der Waals surface area contributed by atoms with Crippen LogP contribution in [0.15, 0.2) is 39.1 Å². The van der Waals surface area contributed by atoms with E-state index in [2.05, 4.69) is 27.2 Å². The van der Waals surface area contributed by atoms with Crippen LogP contribution >= 0.6 is 15.9 Å². The first-order chi connectivity index (χ1) is 8.54. The molecule has 0 spiro atoms. The molecule has 0 unspecified atom stereocenters. The van der Waals surface area contributed by atoms with Crippen LogP contribution in [0.3, 0.4) is 0 Å². The molecule has 1 rings (SSSR count). The van der Waals surface area contributed by atoms with Crippen LogP contribution in [0.5, 0.6) is 0 Å². The van der Waals surface area contributed by atoms with Gasteiger partial charge in [0.15, 0.2) is 0 Å². The number of nitrogens with one attached hydrogen (secondary N) is 1. The molecule has 0 fully saturated rings. The predicted octanol–water partition coefficient (Wildman–Crippen LogP) is 0.660. The molecule has 19 heavy (non-hydrogen) atoms. The predicted molar refractivity (Wildman–Crippen MR) is 71.0 cm³/mol. The van der Waals surface area contributed by atoms with Gasteiger partial charge in [0.05, 0.1) is 4.90 Å². The Balaban J connectivity index is 3.20. The molecule has 0 amide bonds. The molecular formula is C9H10BrFN2O4S2. The van der Waals surface area contributed by atoms with E-state index in [9.17, 15) is 21.2 Å². The number of nitrogens with two attached hydrogens (primary N) is 1. The van der Waals surface area contributed by atoms with Crippen molar-refractivity contribution in [3.8, 4) is 0 Å². The summed E-state index contributed by atoms with van der Waals surface area (Å²) < 4.78 is 61.5. The normalized spacial score (nSPS) is 12.4. The van der Waals surface area contributed by atoms with Gasteiger partial charge in [-0.3, -0.25) is 0 Å². The van der Waals surface area contributed by atoms with Crippen molar-refractivity contribution in [2.45, 2.75) is 9.79 Å². The van der Waals surface area contributed by atoms with E-state index >= 15 is 0 Å². The maximum absolute atomic E-state index is 13.6. The lowest BCUT2D eigenvalue weighted by Gasteiger charge is -2.08. The fourth-order valence-corrected chi connectivity index (χ4v) is 3.06. The molecule has 0 radical (unpaired) electrons. The average molecular weight is 373 g/mol. The van der Waals surface area contributed by atoms with Gasteiger partial charge in [0, 0.05) is 11.0 Å². The Bertz CT molecular complexity index is 716. The Morgan fingerprint density at radius 3 is 2.37 bits per heavy atom. The van der Waals surface area contributed by atoms with Crippen LogP contribution in [0.4, 0.5) is 4.39 Å². The standard InChI is InChI=1S/C9H10BrFN2O4S2/c1-6(10)5-13-19(16,17)9-3-2-7(4-8(9)11)18(12,14)15/h2-4,13H,1,5H2,(H2,12,14,15). The monoisotopic (exact) mass is 372 g/mol. The van der Waals surface area contributed by atoms with Crippen LogP contribution < -0.4 is 9.86 Å². The van der Waals surface area contributed by atoms with Gasteiger partial charge in [-0.15, -0.1) is 0 Å². The Labute approximate surface area is 118 Å². The average Bonchev–Trinajstić information content (AvgIpc) is 2.25. The Morgan fingerprint density at radius 1 is 1.37 bits per heavy atom. The van der Waals surface area contributed by atoms with E-state index in [1.165, 1.54) is 0 Å². The summed E-state index contributed by atoms with van der Waals surface area (Å²) >= 11 is 2.94. The van der Waals surface area contributed by atoms with Crippen LogP contribution in [0, 0.1) is 5.82 Å². The zero-order valence-electron chi connectivity index (χ0n) is 9.43. The van der Waals surface area contributed by atoms with Crippen molar-refractivity contribution in [2.75, 3.05) is 6.54 Å². The van der Waals surface area contributed by atoms with Gasteiger partial charge in [0.1, 0.15) is 10.7 Å². The molecule has 1 aromatic rings. The van der Waals surface area contributed by atoms with Gasteiger partial charge in [-0.25, -0.2) is 31.1 Å². The highest BCUT2D eigenvalue weighted by atomic mass is 79.9. The highest BCUT2D eigenvalue weighted by Crippen LogP contribution is 2.18. The van der Waals surface area contributed by atoms with Gasteiger partial charge in [0.25, 0.3) is 0 Å². The van der Waals surface area contributed by atoms with Crippen molar-refractivity contribution in [1.82, 2.24) is 4.72 Å². The Morgan fingerprint density at radius 2 is 1.95 bits per heavy atom. The summed E-state index contributed by atoms with van der Waals surface area (Å²) in [6, 6.07) is 2.29. The van der Waals surface area contributed by atoms with Crippen molar-refractivity contribution >= 4 is 36.0 Å². The van der Waals surface area contributed by atoms with E-state index in [0.29, 0.717) is 10.5 Å². The van der Waals surface area contributed by atoms with Gasteiger partial charge < -0.3 is 0 Å². The van der Waals surface area contributed by atoms with Crippen molar-refractivity contribution in [2.24, 2.45) is 5.14 Å². The number of sulfonamides is 2. The molecule has 0 aliphatic heterocycles. The van der Waals surface area contributed by atoms with E-state index < -0.39 is 35.7 Å². The summed E-state index contributed by atoms with van der Waals surface area (Å²) in [5.41, 5.74) is 0. The molecule has 0 aromatic heterocycles. The molecule has 1 aromatic carbocycles. The number of halogens is 2. The first kappa shape index (κ1) is 16.2. The summed E-state index contributed by atoms with van der Waals surface area (Å²) in [7, 11) is -8.19. The maximum Gasteiger partial charge on any atom is 0.243 e. The molecule has 0 aliphatic carbocycles. The van der Waals surface area contributed by atoms with Crippen LogP contribution in [-0.2, 0) is 20.0 Å². The van der Waals surface area contributed by atoms with E-state index in [0.717, 1.165) is 12.1 Å². The van der Waals surface area contributed by atoms with Crippen LogP contribution in [-0.4, -0.2) is 23.4 Å². The first-order valence-corrected chi connectivity index (χ1v) is 8.51. The molecule has 0 aliphatic rings. The van der Waals surface area contributed by atoms with Crippen LogP contribution in [0.2, 0.25) is 0 Å². The van der Waals surface area contributed by atoms with Gasteiger partial charge in [-0.1, -0.05) is 22.5 Å². The molecule has 106 valence electrons. The molecule has 0 atom stereocenters.